The third-order valence-electron chi connectivity index (χ3n) is 5.08. The highest BCUT2D eigenvalue weighted by Crippen LogP contribution is 2.32. The summed E-state index contributed by atoms with van der Waals surface area (Å²) in [4.78, 5) is 31.3. The van der Waals surface area contributed by atoms with Crippen LogP contribution in [0.5, 0.6) is 5.75 Å². The number of carbonyl (C=O) groups is 1. The van der Waals surface area contributed by atoms with Gasteiger partial charge in [-0.15, -0.1) is 0 Å². The van der Waals surface area contributed by atoms with E-state index < -0.39 is 0 Å². The van der Waals surface area contributed by atoms with Crippen LogP contribution in [-0.4, -0.2) is 15.9 Å². The van der Waals surface area contributed by atoms with E-state index in [1.54, 1.807) is 18.3 Å². The van der Waals surface area contributed by atoms with Crippen molar-refractivity contribution in [3.8, 4) is 5.75 Å². The van der Waals surface area contributed by atoms with E-state index >= 15 is 0 Å². The van der Waals surface area contributed by atoms with Crippen molar-refractivity contribution in [2.75, 3.05) is 10.6 Å². The van der Waals surface area contributed by atoms with Gasteiger partial charge in [0.2, 0.25) is 5.91 Å². The standard InChI is InChI=1S/C25H23ClN4O3/c1-15(28-18-7-5-8-19(13-18)29-16(2)31)21-12-17-9-10-22(23(26)24(17)30-25(21)32)33-14-20-6-3-4-11-27-20/h3-13,15,28H,14H2,1-2H3,(H,29,31)(H,30,32)/t15-/m0/s1. The second-order valence-corrected chi connectivity index (χ2v) is 8.01. The zero-order valence-electron chi connectivity index (χ0n) is 18.2. The number of ether oxygens (including phenoxy) is 1. The highest BCUT2D eigenvalue weighted by Gasteiger charge is 2.15. The molecule has 0 saturated heterocycles. The Morgan fingerprint density at radius 2 is 1.94 bits per heavy atom. The van der Waals surface area contributed by atoms with Crippen LogP contribution in [0, 0.1) is 0 Å². The fourth-order valence-corrected chi connectivity index (χ4v) is 3.80. The third kappa shape index (κ3) is 5.32. The molecule has 7 nitrogen and oxygen atoms in total. The first-order chi connectivity index (χ1) is 15.9. The lowest BCUT2D eigenvalue weighted by Crippen LogP contribution is -2.19. The van der Waals surface area contributed by atoms with Gasteiger partial charge in [0.1, 0.15) is 17.4 Å². The van der Waals surface area contributed by atoms with Crippen LogP contribution in [0.15, 0.2) is 71.7 Å². The smallest absolute Gasteiger partial charge is 0.253 e. The van der Waals surface area contributed by atoms with Gasteiger partial charge in [-0.3, -0.25) is 14.6 Å². The number of rotatable bonds is 7. The van der Waals surface area contributed by atoms with Crippen LogP contribution in [0.4, 0.5) is 11.4 Å². The molecule has 0 aliphatic rings. The predicted molar refractivity (Wildman–Crippen MR) is 131 cm³/mol. The van der Waals surface area contributed by atoms with Gasteiger partial charge in [0.25, 0.3) is 5.56 Å². The number of nitrogens with one attached hydrogen (secondary N) is 3. The number of amides is 1. The molecule has 1 atom stereocenters. The molecule has 0 aliphatic heterocycles. The molecular weight excluding hydrogens is 440 g/mol. The molecule has 8 heteroatoms. The molecular formula is C25H23ClN4O3. The molecule has 3 N–H and O–H groups in total. The Bertz CT molecular complexity index is 1360. The molecule has 4 aromatic rings. The molecule has 0 fully saturated rings. The van der Waals surface area contributed by atoms with E-state index in [2.05, 4.69) is 20.6 Å². The maximum absolute atomic E-state index is 12.9. The monoisotopic (exact) mass is 462 g/mol. The molecule has 2 aromatic heterocycles. The summed E-state index contributed by atoms with van der Waals surface area (Å²) >= 11 is 6.53. The maximum atomic E-state index is 12.9. The van der Waals surface area contributed by atoms with Crippen LogP contribution in [-0.2, 0) is 11.4 Å². The average molecular weight is 463 g/mol. The molecule has 0 bridgehead atoms. The molecule has 0 spiro atoms. The lowest BCUT2D eigenvalue weighted by molar-refractivity contribution is -0.114. The van der Waals surface area contributed by atoms with E-state index in [9.17, 15) is 9.59 Å². The number of H-pyrrole nitrogens is 1. The van der Waals surface area contributed by atoms with Crippen LogP contribution in [0.2, 0.25) is 5.02 Å². The Morgan fingerprint density at radius 1 is 1.12 bits per heavy atom. The number of hydrogen-bond donors (Lipinski definition) is 3. The number of aromatic amines is 1. The van der Waals surface area contributed by atoms with Crippen LogP contribution in [0.1, 0.15) is 31.1 Å². The summed E-state index contributed by atoms with van der Waals surface area (Å²) in [6, 6.07) is 18.1. The van der Waals surface area contributed by atoms with Crippen molar-refractivity contribution >= 4 is 39.8 Å². The third-order valence-corrected chi connectivity index (χ3v) is 5.46. The lowest BCUT2D eigenvalue weighted by Gasteiger charge is -2.17. The van der Waals surface area contributed by atoms with Crippen molar-refractivity contribution in [1.29, 1.82) is 0 Å². The zero-order valence-corrected chi connectivity index (χ0v) is 18.9. The quantitative estimate of drug-likeness (QED) is 0.347. The van der Waals surface area contributed by atoms with E-state index in [-0.39, 0.29) is 24.1 Å². The first-order valence-electron chi connectivity index (χ1n) is 10.4. The van der Waals surface area contributed by atoms with Gasteiger partial charge in [-0.05, 0) is 55.5 Å². The van der Waals surface area contributed by atoms with Crippen molar-refractivity contribution in [3.05, 3.63) is 93.5 Å². The second-order valence-electron chi connectivity index (χ2n) is 7.63. The topological polar surface area (TPSA) is 96.1 Å². The Kier molecular flexibility index (Phi) is 6.60. The second kappa shape index (κ2) is 9.75. The SMILES string of the molecule is CC(=O)Nc1cccc(N[C@@H](C)c2cc3ccc(OCc4ccccn4)c(Cl)c3[nH]c2=O)c1. The maximum Gasteiger partial charge on any atom is 0.253 e. The molecule has 0 saturated carbocycles. The van der Waals surface area contributed by atoms with Crippen LogP contribution < -0.4 is 20.9 Å². The molecule has 4 rings (SSSR count). The van der Waals surface area contributed by atoms with Gasteiger partial charge >= 0.3 is 0 Å². The van der Waals surface area contributed by atoms with E-state index in [1.807, 2.05) is 55.5 Å². The van der Waals surface area contributed by atoms with Gasteiger partial charge in [-0.1, -0.05) is 23.7 Å². The first-order valence-corrected chi connectivity index (χ1v) is 10.8. The summed E-state index contributed by atoms with van der Waals surface area (Å²) in [5.74, 6) is 0.325. The Hall–Kier alpha value is -3.84. The highest BCUT2D eigenvalue weighted by atomic mass is 35.5. The van der Waals surface area contributed by atoms with Crippen molar-refractivity contribution in [1.82, 2.24) is 9.97 Å². The van der Waals surface area contributed by atoms with Gasteiger partial charge in [0.15, 0.2) is 0 Å². The van der Waals surface area contributed by atoms with E-state index in [4.69, 9.17) is 16.3 Å². The van der Waals surface area contributed by atoms with Crippen molar-refractivity contribution < 1.29 is 9.53 Å². The minimum Gasteiger partial charge on any atom is -0.486 e. The van der Waals surface area contributed by atoms with Gasteiger partial charge in [0.05, 0.1) is 17.3 Å². The summed E-state index contributed by atoms with van der Waals surface area (Å²) in [6.07, 6.45) is 1.70. The molecule has 2 aromatic carbocycles. The van der Waals surface area contributed by atoms with Gasteiger partial charge in [-0.2, -0.15) is 0 Å². The molecule has 33 heavy (non-hydrogen) atoms. The van der Waals surface area contributed by atoms with Crippen molar-refractivity contribution in [3.63, 3.8) is 0 Å². The van der Waals surface area contributed by atoms with Crippen LogP contribution >= 0.6 is 11.6 Å². The Balaban J connectivity index is 1.56. The number of aromatic nitrogens is 2. The largest absolute Gasteiger partial charge is 0.486 e. The zero-order chi connectivity index (χ0) is 23.4. The van der Waals surface area contributed by atoms with E-state index in [0.717, 1.165) is 16.8 Å². The Morgan fingerprint density at radius 3 is 2.70 bits per heavy atom. The fraction of sp³-hybridized carbons (Fsp3) is 0.160. The fourth-order valence-electron chi connectivity index (χ4n) is 3.52. The summed E-state index contributed by atoms with van der Waals surface area (Å²) in [5.41, 5.74) is 3.07. The van der Waals surface area contributed by atoms with Gasteiger partial charge in [-0.25, -0.2) is 0 Å². The van der Waals surface area contributed by atoms with Crippen molar-refractivity contribution in [2.45, 2.75) is 26.5 Å². The number of fused-ring (bicyclic) bond motifs is 1. The summed E-state index contributed by atoms with van der Waals surface area (Å²) in [6.45, 7) is 3.62. The summed E-state index contributed by atoms with van der Waals surface area (Å²) in [7, 11) is 0. The molecule has 168 valence electrons. The summed E-state index contributed by atoms with van der Waals surface area (Å²) in [5, 5.41) is 7.19. The molecule has 2 heterocycles. The Labute approximate surface area is 195 Å². The highest BCUT2D eigenvalue weighted by molar-refractivity contribution is 6.36. The lowest BCUT2D eigenvalue weighted by atomic mass is 10.1. The van der Waals surface area contributed by atoms with Crippen LogP contribution in [0.3, 0.4) is 0 Å². The number of hydrogen-bond acceptors (Lipinski definition) is 5. The number of halogens is 1. The van der Waals surface area contributed by atoms with E-state index in [0.29, 0.717) is 27.5 Å². The molecule has 0 radical (unpaired) electrons. The number of pyridine rings is 2. The van der Waals surface area contributed by atoms with Gasteiger partial charge in [0, 0.05) is 35.4 Å². The van der Waals surface area contributed by atoms with E-state index in [1.165, 1.54) is 6.92 Å². The van der Waals surface area contributed by atoms with Crippen LogP contribution in [0.25, 0.3) is 10.9 Å². The molecule has 0 aliphatic carbocycles. The average Bonchev–Trinajstić information content (AvgIpc) is 2.79. The minimum absolute atomic E-state index is 0.147. The number of nitrogens with zero attached hydrogens (tertiary/aromatic N) is 1. The molecule has 0 unspecified atom stereocenters. The normalized spacial score (nSPS) is 11.7. The minimum atomic E-state index is -0.287. The number of benzene rings is 2. The number of carbonyl (C=O) groups excluding carboxylic acids is 1. The van der Waals surface area contributed by atoms with Crippen molar-refractivity contribution in [2.24, 2.45) is 0 Å². The predicted octanol–water partition coefficient (Wildman–Crippen LogP) is 5.29. The summed E-state index contributed by atoms with van der Waals surface area (Å²) < 4.78 is 5.81. The number of anilines is 2. The molecule has 1 amide bonds. The van der Waals surface area contributed by atoms with Gasteiger partial charge < -0.3 is 20.4 Å². The first kappa shape index (κ1) is 22.4.